The summed E-state index contributed by atoms with van der Waals surface area (Å²) in [7, 11) is 0. The lowest BCUT2D eigenvalue weighted by Crippen LogP contribution is -2.59. The second kappa shape index (κ2) is 10.6. The molecule has 0 aromatic heterocycles. The summed E-state index contributed by atoms with van der Waals surface area (Å²) in [4.78, 5) is 25.3. The van der Waals surface area contributed by atoms with E-state index in [-0.39, 0.29) is 18.6 Å². The monoisotopic (exact) mass is 560 g/mol. The second-order valence-corrected chi connectivity index (χ2v) is 10.6. The van der Waals surface area contributed by atoms with Crippen molar-refractivity contribution in [3.05, 3.63) is 46.9 Å². The van der Waals surface area contributed by atoms with Crippen molar-refractivity contribution < 1.29 is 41.0 Å². The van der Waals surface area contributed by atoms with Crippen LogP contribution >= 0.6 is 0 Å². The van der Waals surface area contributed by atoms with E-state index in [4.69, 9.17) is 10.5 Å². The third-order valence-electron chi connectivity index (χ3n) is 7.77. The first-order valence-corrected chi connectivity index (χ1v) is 12.8. The van der Waals surface area contributed by atoms with Crippen LogP contribution in [0.2, 0.25) is 0 Å². The highest BCUT2D eigenvalue weighted by atomic mass is 19.4. The van der Waals surface area contributed by atoms with Gasteiger partial charge in [0, 0.05) is 18.7 Å². The summed E-state index contributed by atoms with van der Waals surface area (Å²) in [5, 5.41) is 8.21. The maximum Gasteiger partial charge on any atom is 0.523 e. The predicted molar refractivity (Wildman–Crippen MR) is 131 cm³/mol. The van der Waals surface area contributed by atoms with Gasteiger partial charge in [-0.1, -0.05) is 19.6 Å². The van der Waals surface area contributed by atoms with Crippen molar-refractivity contribution in [2.75, 3.05) is 6.61 Å². The Bertz CT molecular complexity index is 1120. The highest BCUT2D eigenvalue weighted by molar-refractivity contribution is 5.85. The molecule has 1 saturated heterocycles. The van der Waals surface area contributed by atoms with E-state index in [0.29, 0.717) is 66.5 Å². The lowest BCUT2D eigenvalue weighted by molar-refractivity contribution is -0.326. The Kier molecular flexibility index (Phi) is 7.87. The predicted octanol–water partition coefficient (Wildman–Crippen LogP) is 3.43. The molecule has 2 amide bonds. The van der Waals surface area contributed by atoms with Crippen LogP contribution in [0.1, 0.15) is 52.4 Å². The minimum atomic E-state index is -4.76. The highest BCUT2D eigenvalue weighted by Crippen LogP contribution is 2.51. The lowest BCUT2D eigenvalue weighted by atomic mass is 9.63. The van der Waals surface area contributed by atoms with E-state index in [0.717, 1.165) is 6.92 Å². The lowest BCUT2D eigenvalue weighted by Gasteiger charge is -2.46. The molecule has 8 nitrogen and oxygen atoms in total. The largest absolute Gasteiger partial charge is 0.523 e. The number of amides is 2. The Morgan fingerprint density at radius 2 is 1.97 bits per heavy atom. The van der Waals surface area contributed by atoms with Crippen molar-refractivity contribution in [2.24, 2.45) is 11.1 Å². The van der Waals surface area contributed by atoms with Gasteiger partial charge in [-0.15, -0.1) is 13.2 Å². The Morgan fingerprint density at radius 1 is 1.28 bits per heavy atom. The highest BCUT2D eigenvalue weighted by Gasteiger charge is 2.53. The molecule has 0 bridgehead atoms. The number of nitrogens with two attached hydrogens (primary N) is 1. The van der Waals surface area contributed by atoms with Gasteiger partial charge in [0.1, 0.15) is 18.4 Å². The molecular formula is C26H33F5N4O4. The van der Waals surface area contributed by atoms with E-state index >= 15 is 0 Å². The first kappa shape index (κ1) is 29.1. The van der Waals surface area contributed by atoms with E-state index in [9.17, 15) is 31.5 Å². The number of hydrogen-bond donors (Lipinski definition) is 4. The van der Waals surface area contributed by atoms with Gasteiger partial charge in [0.2, 0.25) is 5.91 Å². The number of nitrogens with one attached hydrogen (secondary N) is 3. The Balaban J connectivity index is 1.22. The van der Waals surface area contributed by atoms with E-state index in [1.165, 1.54) is 6.26 Å². The van der Waals surface area contributed by atoms with E-state index in [1.807, 2.05) is 6.92 Å². The number of ether oxygens (including phenoxy) is 2. The van der Waals surface area contributed by atoms with E-state index in [2.05, 4.69) is 27.3 Å². The Morgan fingerprint density at radius 3 is 2.59 bits per heavy atom. The number of allylic oxidation sites excluding steroid dienone is 2. The van der Waals surface area contributed by atoms with Crippen LogP contribution in [0.4, 0.5) is 22.0 Å². The summed E-state index contributed by atoms with van der Waals surface area (Å²) in [5.41, 5.74) is 7.56. The summed E-state index contributed by atoms with van der Waals surface area (Å²) in [5.74, 6) is -3.74. The molecule has 1 heterocycles. The molecule has 0 aromatic rings. The average Bonchev–Trinajstić information content (AvgIpc) is 3.24. The van der Waals surface area contributed by atoms with Crippen LogP contribution in [-0.4, -0.2) is 55.1 Å². The maximum atomic E-state index is 13.7. The van der Waals surface area contributed by atoms with Gasteiger partial charge in [-0.2, -0.15) is 0 Å². The number of alkyl halides is 5. The number of halogens is 5. The minimum absolute atomic E-state index is 0.273. The SMILES string of the molecule is C=C1CC/C(=C/OCC(=O)NC2CC(CC)(C(=O)NC(N)C3=C4C(=CC3)C4OC(F)(F)F)C2)NC1C(C)(F)F. The van der Waals surface area contributed by atoms with Gasteiger partial charge in [-0.3, -0.25) is 14.3 Å². The molecular weight excluding hydrogens is 527 g/mol. The smallest absolute Gasteiger partial charge is 0.490 e. The Labute approximate surface area is 222 Å². The molecule has 4 rings (SSSR count). The number of rotatable bonds is 10. The quantitative estimate of drug-likeness (QED) is 0.141. The fourth-order valence-corrected chi connectivity index (χ4v) is 5.53. The van der Waals surface area contributed by atoms with Crippen molar-refractivity contribution in [3.8, 4) is 0 Å². The van der Waals surface area contributed by atoms with E-state index < -0.39 is 41.9 Å². The normalized spacial score (nSPS) is 30.2. The topological polar surface area (TPSA) is 115 Å². The molecule has 0 radical (unpaired) electrons. The zero-order valence-corrected chi connectivity index (χ0v) is 21.7. The number of hydrogen-bond acceptors (Lipinski definition) is 6. The van der Waals surface area contributed by atoms with Crippen molar-refractivity contribution in [3.63, 3.8) is 0 Å². The van der Waals surface area contributed by atoms with Gasteiger partial charge >= 0.3 is 6.36 Å². The molecule has 13 heteroatoms. The van der Waals surface area contributed by atoms with Gasteiger partial charge in [-0.05, 0) is 60.8 Å². The fourth-order valence-electron chi connectivity index (χ4n) is 5.53. The van der Waals surface area contributed by atoms with Crippen LogP contribution in [0.5, 0.6) is 0 Å². The van der Waals surface area contributed by atoms with Crippen molar-refractivity contribution in [1.82, 2.24) is 16.0 Å². The van der Waals surface area contributed by atoms with Gasteiger partial charge < -0.3 is 26.4 Å². The van der Waals surface area contributed by atoms with E-state index in [1.54, 1.807) is 6.08 Å². The van der Waals surface area contributed by atoms with Crippen LogP contribution in [0.15, 0.2) is 46.9 Å². The second-order valence-electron chi connectivity index (χ2n) is 10.6. The standard InChI is InChI=1S/C26H33F5N4O4/c1-4-25(23(37)35-22(32)17-8-7-16-19(17)20(16)39-26(29,30)31)9-15(10-25)33-18(36)12-38-11-14-6-5-13(2)21(34-14)24(3,27)28/h7,11,15,20-22,34H,2,4-6,8-10,12,32H2,1,3H3,(H,33,36)(H,35,37)/b14-11-. The molecule has 4 aliphatic rings. The number of fused-ring (bicyclic) bond motifs is 1. The number of carbonyl (C=O) groups excluding carboxylic acids is 2. The minimum Gasteiger partial charge on any atom is -0.490 e. The molecule has 3 unspecified atom stereocenters. The molecule has 39 heavy (non-hydrogen) atoms. The van der Waals surface area contributed by atoms with Crippen LogP contribution in [0, 0.1) is 5.41 Å². The number of piperidine rings is 1. The maximum absolute atomic E-state index is 13.7. The summed E-state index contributed by atoms with van der Waals surface area (Å²) in [6.45, 7) is 6.01. The van der Waals surface area contributed by atoms with Crippen molar-refractivity contribution in [2.45, 2.75) is 89.0 Å². The summed E-state index contributed by atoms with van der Waals surface area (Å²) in [6.07, 6.45) is -1.60. The molecule has 3 aliphatic carbocycles. The zero-order chi connectivity index (χ0) is 28.8. The first-order valence-electron chi connectivity index (χ1n) is 12.8. The van der Waals surface area contributed by atoms with Crippen molar-refractivity contribution >= 4 is 11.8 Å². The molecule has 216 valence electrons. The van der Waals surface area contributed by atoms with Crippen LogP contribution in [0.25, 0.3) is 0 Å². The third-order valence-corrected chi connectivity index (χ3v) is 7.77. The molecule has 1 aliphatic heterocycles. The molecule has 5 N–H and O–H groups in total. The molecule has 0 aromatic carbocycles. The summed E-state index contributed by atoms with van der Waals surface area (Å²) >= 11 is 0. The van der Waals surface area contributed by atoms with Gasteiger partial charge in [0.05, 0.1) is 11.6 Å². The average molecular weight is 561 g/mol. The summed E-state index contributed by atoms with van der Waals surface area (Å²) in [6, 6.07) is -1.47. The fraction of sp³-hybridized carbons (Fsp3) is 0.615. The van der Waals surface area contributed by atoms with Gasteiger partial charge in [0.15, 0.2) is 6.61 Å². The Hall–Kier alpha value is -2.93. The number of carbonyl (C=O) groups is 2. The first-order chi connectivity index (χ1) is 18.1. The van der Waals surface area contributed by atoms with Crippen LogP contribution < -0.4 is 21.7 Å². The molecule has 3 atom stereocenters. The van der Waals surface area contributed by atoms with Crippen LogP contribution in [0.3, 0.4) is 0 Å². The zero-order valence-electron chi connectivity index (χ0n) is 21.7. The van der Waals surface area contributed by atoms with Gasteiger partial charge in [-0.25, -0.2) is 8.78 Å². The van der Waals surface area contributed by atoms with Crippen LogP contribution in [-0.2, 0) is 19.1 Å². The van der Waals surface area contributed by atoms with Crippen molar-refractivity contribution in [1.29, 1.82) is 0 Å². The molecule has 2 saturated carbocycles. The van der Waals surface area contributed by atoms with Gasteiger partial charge in [0.25, 0.3) is 11.8 Å². The molecule has 0 spiro atoms. The molecule has 3 fully saturated rings. The summed E-state index contributed by atoms with van der Waals surface area (Å²) < 4.78 is 74.5. The third kappa shape index (κ3) is 6.46.